The number of amides is 4. The van der Waals surface area contributed by atoms with Crippen molar-refractivity contribution in [2.45, 2.75) is 39.5 Å². The third-order valence-corrected chi connectivity index (χ3v) is 2.25. The summed E-state index contributed by atoms with van der Waals surface area (Å²) in [5.74, 6) is -3.41. The summed E-state index contributed by atoms with van der Waals surface area (Å²) < 4.78 is 0. The highest BCUT2D eigenvalue weighted by molar-refractivity contribution is 15.0. The van der Waals surface area contributed by atoms with Gasteiger partial charge in [-0.3, -0.25) is 29.2 Å². The monoisotopic (exact) mass is 714 g/mol. The van der Waals surface area contributed by atoms with Crippen LogP contribution < -0.4 is 0 Å². The van der Waals surface area contributed by atoms with Crippen molar-refractivity contribution in [3.63, 3.8) is 0 Å². The molecule has 14 heteroatoms. The Bertz CT molecular complexity index is 506. The van der Waals surface area contributed by atoms with Gasteiger partial charge in [0.25, 0.3) is 29.6 Å². The minimum atomic E-state index is -0.833. The Hall–Kier alpha value is -0.630. The van der Waals surface area contributed by atoms with Gasteiger partial charge in [-0.15, -0.1) is 29.0 Å². The summed E-state index contributed by atoms with van der Waals surface area (Å²) in [6, 6.07) is 0. The van der Waals surface area contributed by atoms with Crippen LogP contribution in [0, 0.1) is 0 Å². The Morgan fingerprint density at radius 3 is 1.35 bits per heavy atom. The van der Waals surface area contributed by atoms with Gasteiger partial charge >= 0.3 is 5.97 Å². The lowest BCUT2D eigenvalue weighted by molar-refractivity contribution is -0.195. The number of halogens is 3. The summed E-state index contributed by atoms with van der Waals surface area (Å²) in [5.41, 5.74) is 0. The maximum Gasteiger partial charge on any atom is 0.330 e. The van der Waals surface area contributed by atoms with Crippen LogP contribution in [0.2, 0.25) is 0 Å². The Labute approximate surface area is 189 Å². The number of carboxylic acid groups (broad SMARTS) is 1. The lowest BCUT2D eigenvalue weighted by atomic mass is 10.4. The lowest BCUT2D eigenvalue weighted by Gasteiger charge is -2.09. The van der Waals surface area contributed by atoms with E-state index >= 15 is 0 Å². The van der Waals surface area contributed by atoms with Gasteiger partial charge in [0.2, 0.25) is 0 Å². The smallest absolute Gasteiger partial charge is 0.330 e. The fourth-order valence-electron chi connectivity index (χ4n) is 1.35. The molecule has 0 aliphatic carbocycles. The Kier molecular flexibility index (Phi) is 19.2. The van der Waals surface area contributed by atoms with Gasteiger partial charge in [-0.2, -0.15) is 5.06 Å². The molecule has 0 aromatic carbocycles. The molecule has 2 aliphatic rings. The molecular weight excluding hydrogens is 697 g/mol. The van der Waals surface area contributed by atoms with Crippen molar-refractivity contribution in [3.05, 3.63) is 0 Å². The summed E-state index contributed by atoms with van der Waals surface area (Å²) in [6.07, 6.45) is 0.558. The molecule has 0 atom stereocenters. The van der Waals surface area contributed by atoms with Gasteiger partial charge in [0.05, 0.1) is 0 Å². The summed E-state index contributed by atoms with van der Waals surface area (Å²) in [4.78, 5) is 65.6. The molecule has 0 radical (unpaired) electrons. The summed E-state index contributed by atoms with van der Waals surface area (Å²) in [7, 11) is 0. The summed E-state index contributed by atoms with van der Waals surface area (Å²) >= 11 is 4.24. The molecule has 0 aromatic heterocycles. The normalized spacial score (nSPS) is 14.8. The van der Waals surface area contributed by atoms with Crippen LogP contribution in [0.5, 0.6) is 0 Å². The van der Waals surface area contributed by atoms with E-state index in [2.05, 4.69) is 42.1 Å². The predicted molar refractivity (Wildman–Crippen MR) is 112 cm³/mol. The molecule has 2 heterocycles. The standard InChI is InChI=1S/C6H7NO4.C4H5NO3.C2H4O2.I2.HI/c1-4(8)11-7-5(9)2-3-6(7)10;6-3-1-2-4(7)5(3)8;1-2(3)4;1-2;/h2-3H2,1H3;8H,1-2H2;1H3,(H,3,4);;1H. The fraction of sp³-hybridized carbons (Fsp3) is 0.500. The van der Waals surface area contributed by atoms with Crippen molar-refractivity contribution in [2.24, 2.45) is 0 Å². The largest absolute Gasteiger partial charge is 0.481 e. The number of carbonyl (C=O) groups excluding carboxylic acids is 5. The maximum atomic E-state index is 10.7. The van der Waals surface area contributed by atoms with Crippen LogP contribution in [0.4, 0.5) is 0 Å². The fourth-order valence-corrected chi connectivity index (χ4v) is 1.35. The number of hydroxylamine groups is 4. The number of aliphatic carboxylic acids is 1. The van der Waals surface area contributed by atoms with Gasteiger partial charge in [-0.1, -0.05) is 0 Å². The van der Waals surface area contributed by atoms with Gasteiger partial charge in [-0.05, 0) is 0 Å². The van der Waals surface area contributed by atoms with Crippen molar-refractivity contribution in [3.8, 4) is 0 Å². The van der Waals surface area contributed by atoms with Gasteiger partial charge in [0, 0.05) is 76.8 Å². The molecule has 2 rings (SSSR count). The molecule has 2 saturated heterocycles. The average molecular weight is 714 g/mol. The average Bonchev–Trinajstić information content (AvgIpc) is 2.99. The molecule has 2 aliphatic heterocycles. The van der Waals surface area contributed by atoms with E-state index in [1.807, 2.05) is 0 Å². The molecule has 0 spiro atoms. The van der Waals surface area contributed by atoms with Crippen LogP contribution in [-0.2, 0) is 33.6 Å². The van der Waals surface area contributed by atoms with Crippen molar-refractivity contribution in [1.29, 1.82) is 0 Å². The van der Waals surface area contributed by atoms with Crippen molar-refractivity contribution < 1.29 is 43.9 Å². The number of carboxylic acids is 1. The van der Waals surface area contributed by atoms with Crippen LogP contribution in [0.15, 0.2) is 0 Å². The summed E-state index contributed by atoms with van der Waals surface area (Å²) in [5, 5.41) is 16.5. The first-order chi connectivity index (χ1) is 11.6. The predicted octanol–water partition coefficient (Wildman–Crippen LogP) is 1.62. The third kappa shape index (κ3) is 13.6. The quantitative estimate of drug-likeness (QED) is 0.234. The highest BCUT2D eigenvalue weighted by atomic mass is 128. The number of imide groups is 2. The first-order valence-corrected chi connectivity index (χ1v) is 12.8. The number of hydrogen-bond donors (Lipinski definition) is 2. The zero-order valence-corrected chi connectivity index (χ0v) is 20.3. The van der Waals surface area contributed by atoms with E-state index in [0.717, 1.165) is 13.8 Å². The van der Waals surface area contributed by atoms with E-state index in [1.165, 1.54) is 0 Å². The Morgan fingerprint density at radius 1 is 0.885 bits per heavy atom. The van der Waals surface area contributed by atoms with E-state index in [0.29, 0.717) is 5.06 Å². The molecule has 0 unspecified atom stereocenters. The highest BCUT2D eigenvalue weighted by Crippen LogP contribution is 2.11. The SMILES string of the molecule is CC(=O)O.CC(=O)ON1C(=O)CCC1=O.I.II.O=C1CCC(=O)N1O. The lowest BCUT2D eigenvalue weighted by Crippen LogP contribution is -2.30. The molecule has 0 bridgehead atoms. The Balaban J connectivity index is -0.000000312. The topological polar surface area (TPSA) is 159 Å². The second-order valence-corrected chi connectivity index (χ2v) is 4.28. The van der Waals surface area contributed by atoms with Gasteiger partial charge < -0.3 is 9.94 Å². The molecule has 0 saturated carbocycles. The molecule has 11 nitrogen and oxygen atoms in total. The van der Waals surface area contributed by atoms with Crippen molar-refractivity contribution >= 4 is 96.8 Å². The van der Waals surface area contributed by atoms with Crippen molar-refractivity contribution in [1.82, 2.24) is 10.1 Å². The van der Waals surface area contributed by atoms with E-state index in [-0.39, 0.29) is 54.7 Å². The minimum Gasteiger partial charge on any atom is -0.481 e. The number of hydrogen-bond acceptors (Lipinski definition) is 8. The molecule has 4 amide bonds. The van der Waals surface area contributed by atoms with Crippen molar-refractivity contribution in [2.75, 3.05) is 0 Å². The van der Waals surface area contributed by atoms with Crippen LogP contribution in [0.3, 0.4) is 0 Å². The van der Waals surface area contributed by atoms with Crippen LogP contribution in [-0.4, -0.2) is 56.0 Å². The van der Waals surface area contributed by atoms with Gasteiger partial charge in [0.15, 0.2) is 0 Å². The van der Waals surface area contributed by atoms with E-state index in [1.54, 1.807) is 0 Å². The van der Waals surface area contributed by atoms with Gasteiger partial charge in [-0.25, -0.2) is 4.79 Å². The zero-order valence-electron chi connectivity index (χ0n) is 13.6. The second-order valence-electron chi connectivity index (χ2n) is 4.28. The van der Waals surface area contributed by atoms with Gasteiger partial charge in [0.1, 0.15) is 0 Å². The summed E-state index contributed by atoms with van der Waals surface area (Å²) in [6.45, 7) is 2.22. The molecule has 2 N–H and O–H groups in total. The van der Waals surface area contributed by atoms with E-state index in [9.17, 15) is 24.0 Å². The molecule has 0 aromatic rings. The first kappa shape index (κ1) is 30.1. The second kappa shape index (κ2) is 16.5. The van der Waals surface area contributed by atoms with E-state index in [4.69, 9.17) is 15.1 Å². The van der Waals surface area contributed by atoms with Crippen LogP contribution >= 0.6 is 61.2 Å². The molecule has 26 heavy (non-hydrogen) atoms. The van der Waals surface area contributed by atoms with E-state index < -0.39 is 35.6 Å². The minimum absolute atomic E-state index is 0. The molecule has 150 valence electrons. The number of nitrogens with zero attached hydrogens (tertiary/aromatic N) is 2. The highest BCUT2D eigenvalue weighted by Gasteiger charge is 2.31. The maximum absolute atomic E-state index is 10.7. The van der Waals surface area contributed by atoms with Crippen LogP contribution in [0.1, 0.15) is 39.5 Å². The van der Waals surface area contributed by atoms with Crippen LogP contribution in [0.25, 0.3) is 0 Å². The third-order valence-electron chi connectivity index (χ3n) is 2.25. The zero-order chi connectivity index (χ0) is 20.2. The first-order valence-electron chi connectivity index (χ1n) is 6.49. The number of carbonyl (C=O) groups is 6. The molecular formula is C12H17I3N2O9. The molecule has 2 fully saturated rings. The Morgan fingerprint density at radius 2 is 1.15 bits per heavy atom. The number of rotatable bonds is 1.